The van der Waals surface area contributed by atoms with E-state index in [0.29, 0.717) is 28.6 Å². The molecule has 1 aromatic carbocycles. The molecule has 0 saturated heterocycles. The highest BCUT2D eigenvalue weighted by Crippen LogP contribution is 2.60. The maximum absolute atomic E-state index is 12.5. The third kappa shape index (κ3) is 2.63. The van der Waals surface area contributed by atoms with Gasteiger partial charge >= 0.3 is 0 Å². The molecular weight excluding hydrogens is 344 g/mol. The number of rotatable bonds is 2. The second kappa shape index (κ2) is 6.52. The molecule has 4 atom stereocenters. The van der Waals surface area contributed by atoms with Gasteiger partial charge in [0.25, 0.3) is 0 Å². The van der Waals surface area contributed by atoms with Crippen molar-refractivity contribution in [1.29, 1.82) is 0 Å². The van der Waals surface area contributed by atoms with Crippen LogP contribution in [-0.2, 0) is 11.2 Å². The molecule has 0 aliphatic heterocycles. The molecule has 2 fully saturated rings. The molecule has 140 valence electrons. The minimum atomic E-state index is -0.0695. The molecule has 3 aliphatic carbocycles. The van der Waals surface area contributed by atoms with Crippen molar-refractivity contribution in [2.45, 2.75) is 51.4 Å². The van der Waals surface area contributed by atoms with Crippen LogP contribution in [0.15, 0.2) is 12.1 Å². The lowest BCUT2D eigenvalue weighted by Gasteiger charge is -2.48. The first-order chi connectivity index (χ1) is 12.5. The lowest BCUT2D eigenvalue weighted by Crippen LogP contribution is -2.42. The van der Waals surface area contributed by atoms with E-state index in [1.807, 2.05) is 7.05 Å². The highest BCUT2D eigenvalue weighted by atomic mass is 32.1. The van der Waals surface area contributed by atoms with Crippen LogP contribution in [0.1, 0.15) is 56.1 Å². The zero-order valence-corrected chi connectivity index (χ0v) is 16.7. The Balaban J connectivity index is 1.70. The van der Waals surface area contributed by atoms with Crippen molar-refractivity contribution in [3.8, 4) is 5.75 Å². The Morgan fingerprint density at radius 2 is 2.08 bits per heavy atom. The number of carbonyl (C=O) groups excluding carboxylic acids is 1. The smallest absolute Gasteiger partial charge is 0.170 e. The van der Waals surface area contributed by atoms with Crippen LogP contribution in [0.5, 0.6) is 5.75 Å². The summed E-state index contributed by atoms with van der Waals surface area (Å²) in [4.78, 5) is 12.5. The quantitative estimate of drug-likeness (QED) is 0.768. The van der Waals surface area contributed by atoms with Crippen molar-refractivity contribution in [3.63, 3.8) is 0 Å². The Hall–Kier alpha value is -1.62. The number of benzene rings is 1. The van der Waals surface area contributed by atoms with Gasteiger partial charge in [-0.1, -0.05) is 6.92 Å². The molecule has 3 aliphatic rings. The third-order valence-electron chi connectivity index (χ3n) is 7.23. The SMILES string of the molecule is CNC(=S)Nc1cc2c(cc1OC)CC[C@@H]1[C@@H]2CC[C@]2(C)C(=O)CC[C@@H]12. The van der Waals surface area contributed by atoms with Crippen molar-refractivity contribution in [3.05, 3.63) is 23.3 Å². The van der Waals surface area contributed by atoms with Crippen LogP contribution in [-0.4, -0.2) is 25.1 Å². The van der Waals surface area contributed by atoms with Gasteiger partial charge in [0.05, 0.1) is 12.8 Å². The molecule has 0 heterocycles. The zero-order chi connectivity index (χ0) is 18.5. The summed E-state index contributed by atoms with van der Waals surface area (Å²) in [5, 5.41) is 6.82. The van der Waals surface area contributed by atoms with Gasteiger partial charge in [-0.2, -0.15) is 0 Å². The molecule has 0 radical (unpaired) electrons. The number of anilines is 1. The maximum atomic E-state index is 12.5. The van der Waals surface area contributed by atoms with Gasteiger partial charge in [-0.05, 0) is 85.3 Å². The number of ketones is 1. The van der Waals surface area contributed by atoms with Crippen LogP contribution in [0.2, 0.25) is 0 Å². The molecule has 0 aromatic heterocycles. The van der Waals surface area contributed by atoms with Gasteiger partial charge in [-0.15, -0.1) is 0 Å². The Bertz CT molecular complexity index is 763. The predicted molar refractivity (Wildman–Crippen MR) is 108 cm³/mol. The fourth-order valence-corrected chi connectivity index (χ4v) is 5.93. The first-order valence-electron chi connectivity index (χ1n) is 9.70. The lowest BCUT2D eigenvalue weighted by atomic mass is 9.55. The topological polar surface area (TPSA) is 50.4 Å². The van der Waals surface area contributed by atoms with Crippen LogP contribution in [0.4, 0.5) is 5.69 Å². The molecule has 26 heavy (non-hydrogen) atoms. The van der Waals surface area contributed by atoms with E-state index in [1.165, 1.54) is 17.5 Å². The standard InChI is InChI=1S/C21H28N2O2S/c1-21-9-8-13-14(16(21)6-7-19(21)24)5-4-12-10-18(25-3)17(11-15(12)13)23-20(26)22-2/h10-11,13-14,16H,4-9H2,1-3H3,(H2,22,23,26)/t13-,14+,16-,21-/m0/s1. The largest absolute Gasteiger partial charge is 0.495 e. The monoisotopic (exact) mass is 372 g/mol. The van der Waals surface area contributed by atoms with Crippen LogP contribution < -0.4 is 15.4 Å². The molecule has 5 heteroatoms. The molecule has 0 amide bonds. The normalized spacial score (nSPS) is 32.3. The number of nitrogens with one attached hydrogen (secondary N) is 2. The van der Waals surface area contributed by atoms with Crippen molar-refractivity contribution in [2.75, 3.05) is 19.5 Å². The van der Waals surface area contributed by atoms with E-state index in [1.54, 1.807) is 7.11 Å². The van der Waals surface area contributed by atoms with Crippen molar-refractivity contribution in [1.82, 2.24) is 5.32 Å². The Kier molecular flexibility index (Phi) is 4.46. The van der Waals surface area contributed by atoms with Crippen LogP contribution in [0.25, 0.3) is 0 Å². The minimum absolute atomic E-state index is 0.0695. The highest BCUT2D eigenvalue weighted by Gasteiger charge is 2.54. The van der Waals surface area contributed by atoms with E-state index in [-0.39, 0.29) is 5.41 Å². The number of fused-ring (bicyclic) bond motifs is 5. The Morgan fingerprint density at radius 3 is 2.81 bits per heavy atom. The second-order valence-corrected chi connectivity index (χ2v) is 8.70. The summed E-state index contributed by atoms with van der Waals surface area (Å²) >= 11 is 5.29. The second-order valence-electron chi connectivity index (χ2n) is 8.29. The molecule has 0 bridgehead atoms. The summed E-state index contributed by atoms with van der Waals surface area (Å²) in [6.07, 6.45) is 6.26. The van der Waals surface area contributed by atoms with Gasteiger partial charge in [0.1, 0.15) is 11.5 Å². The molecule has 1 aromatic rings. The number of Topliss-reactive ketones (excluding diaryl/α,β-unsaturated/α-hetero) is 1. The average Bonchev–Trinajstić information content (AvgIpc) is 2.96. The number of hydrogen-bond acceptors (Lipinski definition) is 3. The molecule has 0 spiro atoms. The highest BCUT2D eigenvalue weighted by molar-refractivity contribution is 7.80. The fourth-order valence-electron chi connectivity index (χ4n) is 5.82. The van der Waals surface area contributed by atoms with Crippen molar-refractivity contribution in [2.24, 2.45) is 17.3 Å². The molecule has 4 rings (SSSR count). The van der Waals surface area contributed by atoms with Crippen molar-refractivity contribution < 1.29 is 9.53 Å². The number of hydrogen-bond donors (Lipinski definition) is 2. The summed E-state index contributed by atoms with van der Waals surface area (Å²) in [5.74, 6) is 3.08. The van der Waals surface area contributed by atoms with Gasteiger partial charge < -0.3 is 15.4 Å². The molecule has 2 saturated carbocycles. The van der Waals surface area contributed by atoms with Crippen molar-refractivity contribution >= 4 is 28.8 Å². The van der Waals surface area contributed by atoms with Gasteiger partial charge in [-0.3, -0.25) is 4.79 Å². The summed E-state index contributed by atoms with van der Waals surface area (Å²) in [6, 6.07) is 4.42. The van der Waals surface area contributed by atoms with Crippen LogP contribution >= 0.6 is 12.2 Å². The van der Waals surface area contributed by atoms with Gasteiger partial charge in [-0.25, -0.2) is 0 Å². The van der Waals surface area contributed by atoms with E-state index in [4.69, 9.17) is 17.0 Å². The van der Waals surface area contributed by atoms with E-state index in [2.05, 4.69) is 29.7 Å². The molecule has 2 N–H and O–H groups in total. The number of aryl methyl sites for hydroxylation is 1. The van der Waals surface area contributed by atoms with Gasteiger partial charge in [0.2, 0.25) is 0 Å². The van der Waals surface area contributed by atoms with Gasteiger partial charge in [0, 0.05) is 18.9 Å². The molecule has 4 nitrogen and oxygen atoms in total. The maximum Gasteiger partial charge on any atom is 0.170 e. The third-order valence-corrected chi connectivity index (χ3v) is 7.54. The number of methoxy groups -OCH3 is 1. The van der Waals surface area contributed by atoms with E-state index in [0.717, 1.165) is 43.5 Å². The predicted octanol–water partition coefficient (Wildman–Crippen LogP) is 4.04. The number of carbonyl (C=O) groups is 1. The van der Waals surface area contributed by atoms with Crippen LogP contribution in [0.3, 0.4) is 0 Å². The lowest BCUT2D eigenvalue weighted by molar-refractivity contribution is -0.129. The van der Waals surface area contributed by atoms with E-state index >= 15 is 0 Å². The van der Waals surface area contributed by atoms with Gasteiger partial charge in [0.15, 0.2) is 5.11 Å². The fraction of sp³-hybridized carbons (Fsp3) is 0.619. The average molecular weight is 373 g/mol. The first kappa shape index (κ1) is 17.8. The van der Waals surface area contributed by atoms with Crippen LogP contribution in [0, 0.1) is 17.3 Å². The zero-order valence-electron chi connectivity index (χ0n) is 15.9. The number of thiocarbonyl (C=S) groups is 1. The first-order valence-corrected chi connectivity index (χ1v) is 10.1. The molecule has 0 unspecified atom stereocenters. The summed E-state index contributed by atoms with van der Waals surface area (Å²) in [5.41, 5.74) is 3.70. The van der Waals surface area contributed by atoms with E-state index in [9.17, 15) is 4.79 Å². The summed E-state index contributed by atoms with van der Waals surface area (Å²) < 4.78 is 5.60. The summed E-state index contributed by atoms with van der Waals surface area (Å²) in [7, 11) is 3.52. The number of ether oxygens (including phenoxy) is 1. The minimum Gasteiger partial charge on any atom is -0.495 e. The van der Waals surface area contributed by atoms with E-state index < -0.39 is 0 Å². The molecular formula is C21H28N2O2S. The Morgan fingerprint density at radius 1 is 1.27 bits per heavy atom. The summed E-state index contributed by atoms with van der Waals surface area (Å²) in [6.45, 7) is 2.23. The Labute approximate surface area is 161 Å².